The maximum absolute atomic E-state index is 13.5. The van der Waals surface area contributed by atoms with E-state index in [9.17, 15) is 14.3 Å². The topological polar surface area (TPSA) is 68.0 Å². The Morgan fingerprint density at radius 3 is 2.48 bits per heavy atom. The second-order valence-corrected chi connectivity index (χ2v) is 11.9. The summed E-state index contributed by atoms with van der Waals surface area (Å²) in [5.74, 6) is 3.48. The van der Waals surface area contributed by atoms with Crippen molar-refractivity contribution in [3.8, 4) is 0 Å². The molecule has 0 saturated heterocycles. The van der Waals surface area contributed by atoms with E-state index in [0.29, 0.717) is 42.4 Å². The number of hydrogen-bond donors (Lipinski definition) is 1. The van der Waals surface area contributed by atoms with Crippen molar-refractivity contribution < 1.29 is 14.3 Å². The lowest BCUT2D eigenvalue weighted by Gasteiger charge is -2.56. The largest absolute Gasteiger partial charge is 0.387 e. The number of aliphatic hydroxyl groups is 1. The number of aromatic nitrogens is 3. The van der Waals surface area contributed by atoms with Crippen LogP contribution < -0.4 is 0 Å². The molecule has 1 N–H and O–H groups in total. The van der Waals surface area contributed by atoms with Gasteiger partial charge in [0.25, 0.3) is 0 Å². The van der Waals surface area contributed by atoms with Crippen LogP contribution in [0.25, 0.3) is 11.0 Å². The zero-order chi connectivity index (χ0) is 22.8. The Morgan fingerprint density at radius 2 is 1.76 bits per heavy atom. The van der Waals surface area contributed by atoms with Crippen LogP contribution in [0, 0.1) is 40.9 Å². The molecule has 1 heterocycles. The number of nitrogens with zero attached hydrogens (tertiary/aromatic N) is 3. The van der Waals surface area contributed by atoms with Crippen molar-refractivity contribution in [3.05, 3.63) is 24.3 Å². The molecule has 0 spiro atoms. The smallest absolute Gasteiger partial charge is 0.159 e. The van der Waals surface area contributed by atoms with E-state index in [1.54, 1.807) is 4.80 Å². The molecule has 178 valence electrons. The molecule has 1 aromatic heterocycles. The van der Waals surface area contributed by atoms with Gasteiger partial charge < -0.3 is 5.11 Å². The van der Waals surface area contributed by atoms with E-state index in [4.69, 9.17) is 0 Å². The van der Waals surface area contributed by atoms with Gasteiger partial charge in [-0.15, -0.1) is 0 Å². The molecule has 8 atom stereocenters. The molecule has 2 aromatic rings. The quantitative estimate of drug-likeness (QED) is 0.710. The second-order valence-electron chi connectivity index (χ2n) is 11.9. The fourth-order valence-electron chi connectivity index (χ4n) is 8.84. The highest BCUT2D eigenvalue weighted by atomic mass is 19.1. The van der Waals surface area contributed by atoms with Crippen LogP contribution in [-0.4, -0.2) is 38.2 Å². The van der Waals surface area contributed by atoms with Crippen LogP contribution in [0.2, 0.25) is 0 Å². The molecule has 0 unspecified atom stereocenters. The Kier molecular flexibility index (Phi) is 5.17. The van der Waals surface area contributed by atoms with Gasteiger partial charge in [0.1, 0.15) is 24.3 Å². The lowest BCUT2D eigenvalue weighted by Crippen LogP contribution is -2.52. The highest BCUT2D eigenvalue weighted by Crippen LogP contribution is 2.64. The number of hydrogen-bond acceptors (Lipinski definition) is 4. The highest BCUT2D eigenvalue weighted by molar-refractivity contribution is 5.82. The van der Waals surface area contributed by atoms with Gasteiger partial charge in [0.05, 0.1) is 5.60 Å². The number of halogens is 1. The number of ketones is 1. The minimum Gasteiger partial charge on any atom is -0.387 e. The monoisotopic (exact) mass is 453 g/mol. The average Bonchev–Trinajstić information content (AvgIpc) is 3.38. The summed E-state index contributed by atoms with van der Waals surface area (Å²) in [5.41, 5.74) is 0.676. The third-order valence-corrected chi connectivity index (χ3v) is 10.4. The van der Waals surface area contributed by atoms with Gasteiger partial charge in [0, 0.05) is 5.92 Å². The highest BCUT2D eigenvalue weighted by Gasteiger charge is 2.59. The fraction of sp³-hybridized carbons (Fsp3) is 0.741. The molecule has 6 rings (SSSR count). The standard InChI is InChI=1S/C27H36FN3O2/c1-26-12-10-19-18-11-13-27(33,16-28)14-17(18)6-7-20(19)21(26)8-9-22(26)25(32)15-31-29-23-4-2-3-5-24(23)30-31/h2-5,17-22,33H,6-16H2,1H3/t17-,18+,19-,20-,21+,22-,26+,27-/m1/s1. The van der Waals surface area contributed by atoms with Crippen LogP contribution in [0.4, 0.5) is 4.39 Å². The lowest BCUT2D eigenvalue weighted by molar-refractivity contribution is -0.134. The van der Waals surface area contributed by atoms with Gasteiger partial charge in [0.15, 0.2) is 5.78 Å². The van der Waals surface area contributed by atoms with E-state index in [1.165, 1.54) is 12.8 Å². The number of carbonyl (C=O) groups is 1. The molecular formula is C27H36FN3O2. The minimum atomic E-state index is -1.08. The molecule has 33 heavy (non-hydrogen) atoms. The first-order valence-electron chi connectivity index (χ1n) is 13.0. The molecule has 0 bridgehead atoms. The summed E-state index contributed by atoms with van der Waals surface area (Å²) in [5, 5.41) is 19.6. The predicted octanol–water partition coefficient (Wildman–Crippen LogP) is 4.97. The third kappa shape index (κ3) is 3.46. The molecule has 4 fully saturated rings. The molecule has 1 aromatic carbocycles. The zero-order valence-corrected chi connectivity index (χ0v) is 19.6. The van der Waals surface area contributed by atoms with E-state index in [-0.39, 0.29) is 23.7 Å². The van der Waals surface area contributed by atoms with Crippen LogP contribution in [0.5, 0.6) is 0 Å². The number of carbonyl (C=O) groups excluding carboxylic acids is 1. The van der Waals surface area contributed by atoms with Gasteiger partial charge in [-0.1, -0.05) is 19.1 Å². The first-order chi connectivity index (χ1) is 15.9. The first kappa shape index (κ1) is 21.7. The Labute approximate surface area is 195 Å². The van der Waals surface area contributed by atoms with Crippen molar-refractivity contribution in [1.29, 1.82) is 0 Å². The summed E-state index contributed by atoms with van der Waals surface area (Å²) in [6, 6.07) is 7.77. The molecule has 4 aliphatic rings. The van der Waals surface area contributed by atoms with Crippen LogP contribution in [0.1, 0.15) is 64.7 Å². The van der Waals surface area contributed by atoms with E-state index in [0.717, 1.165) is 43.1 Å². The van der Waals surface area contributed by atoms with Gasteiger partial charge in [-0.25, -0.2) is 4.39 Å². The van der Waals surface area contributed by atoms with Crippen LogP contribution >= 0.6 is 0 Å². The Morgan fingerprint density at radius 1 is 1.03 bits per heavy atom. The minimum absolute atomic E-state index is 0.0754. The number of Topliss-reactive ketones (excluding diaryl/α,β-unsaturated/α-hetero) is 1. The molecule has 4 aliphatic carbocycles. The van der Waals surface area contributed by atoms with Crippen molar-refractivity contribution in [2.45, 2.75) is 76.9 Å². The number of fused-ring (bicyclic) bond motifs is 6. The van der Waals surface area contributed by atoms with Crippen LogP contribution in [0.15, 0.2) is 24.3 Å². The van der Waals surface area contributed by atoms with E-state index in [1.807, 2.05) is 24.3 Å². The summed E-state index contributed by atoms with van der Waals surface area (Å²) in [6.07, 6.45) is 8.95. The molecule has 5 nitrogen and oxygen atoms in total. The van der Waals surface area contributed by atoms with Crippen LogP contribution in [0.3, 0.4) is 0 Å². The van der Waals surface area contributed by atoms with E-state index in [2.05, 4.69) is 17.1 Å². The maximum Gasteiger partial charge on any atom is 0.159 e. The molecule has 4 saturated carbocycles. The summed E-state index contributed by atoms with van der Waals surface area (Å²) in [6.45, 7) is 2.04. The van der Waals surface area contributed by atoms with Gasteiger partial charge in [-0.05, 0) is 105 Å². The molecule has 6 heteroatoms. The van der Waals surface area contributed by atoms with Crippen LogP contribution in [-0.2, 0) is 11.3 Å². The van der Waals surface area contributed by atoms with E-state index < -0.39 is 12.3 Å². The third-order valence-electron chi connectivity index (χ3n) is 10.4. The van der Waals surface area contributed by atoms with Crippen molar-refractivity contribution in [1.82, 2.24) is 15.0 Å². The summed E-state index contributed by atoms with van der Waals surface area (Å²) >= 11 is 0. The van der Waals surface area contributed by atoms with Crippen molar-refractivity contribution in [2.75, 3.05) is 6.67 Å². The van der Waals surface area contributed by atoms with Crippen molar-refractivity contribution in [3.63, 3.8) is 0 Å². The van der Waals surface area contributed by atoms with Gasteiger partial charge >= 0.3 is 0 Å². The SMILES string of the molecule is C[C@]12CC[C@H]3[C@@H](CC[C@@H]4C[C@@](O)(CF)CC[C@@H]43)[C@@H]1CC[C@@H]2C(=O)Cn1nc2ccccc2n1. The predicted molar refractivity (Wildman–Crippen MR) is 124 cm³/mol. The molecule has 0 amide bonds. The van der Waals surface area contributed by atoms with Crippen molar-refractivity contribution in [2.24, 2.45) is 40.9 Å². The summed E-state index contributed by atoms with van der Waals surface area (Å²) in [7, 11) is 0. The second kappa shape index (κ2) is 7.86. The van der Waals surface area contributed by atoms with Crippen molar-refractivity contribution >= 4 is 16.8 Å². The first-order valence-corrected chi connectivity index (χ1v) is 13.0. The summed E-state index contributed by atoms with van der Waals surface area (Å²) < 4.78 is 13.4. The average molecular weight is 454 g/mol. The Bertz CT molecular complexity index is 1020. The van der Waals surface area contributed by atoms with Gasteiger partial charge in [-0.3, -0.25) is 4.79 Å². The Balaban J connectivity index is 1.17. The lowest BCUT2D eigenvalue weighted by atomic mass is 9.49. The molecule has 0 aliphatic heterocycles. The normalized spacial score (nSPS) is 42.5. The molecular weight excluding hydrogens is 417 g/mol. The number of alkyl halides is 1. The summed E-state index contributed by atoms with van der Waals surface area (Å²) in [4.78, 5) is 15.1. The maximum atomic E-state index is 13.5. The zero-order valence-electron chi connectivity index (χ0n) is 19.6. The van der Waals surface area contributed by atoms with Gasteiger partial charge in [-0.2, -0.15) is 15.0 Å². The fourth-order valence-corrected chi connectivity index (χ4v) is 8.84. The van der Waals surface area contributed by atoms with Gasteiger partial charge in [0.2, 0.25) is 0 Å². The number of rotatable bonds is 4. The number of benzene rings is 1. The molecule has 0 radical (unpaired) electrons. The Hall–Kier alpha value is -1.82. The van der Waals surface area contributed by atoms with E-state index >= 15 is 0 Å².